The summed E-state index contributed by atoms with van der Waals surface area (Å²) in [5.41, 5.74) is 1.79. The van der Waals surface area contributed by atoms with Crippen molar-refractivity contribution in [3.05, 3.63) is 23.9 Å². The van der Waals surface area contributed by atoms with Crippen LogP contribution in [0.4, 0.5) is 8.78 Å². The molecule has 1 fully saturated rings. The molecule has 7 heteroatoms. The highest BCUT2D eigenvalue weighted by atomic mass is 19.3. The van der Waals surface area contributed by atoms with Crippen molar-refractivity contribution >= 4 is 10.9 Å². The van der Waals surface area contributed by atoms with Gasteiger partial charge in [0, 0.05) is 35.8 Å². The van der Waals surface area contributed by atoms with Gasteiger partial charge in [0.25, 0.3) is 0 Å². The van der Waals surface area contributed by atoms with E-state index in [0.29, 0.717) is 6.61 Å². The Morgan fingerprint density at radius 2 is 2.05 bits per heavy atom. The van der Waals surface area contributed by atoms with E-state index in [-0.39, 0.29) is 17.5 Å². The molecule has 1 saturated heterocycles. The zero-order chi connectivity index (χ0) is 14.4. The molecule has 2 aromatic rings. The molecule has 1 aromatic heterocycles. The Morgan fingerprint density at radius 3 is 2.81 bits per heavy atom. The number of hydrogen-bond acceptors (Lipinski definition) is 4. The zero-order valence-electron chi connectivity index (χ0n) is 11.1. The number of nitrogens with one attached hydrogen (secondary N) is 2. The van der Waals surface area contributed by atoms with Crippen molar-refractivity contribution in [3.8, 4) is 11.5 Å². The van der Waals surface area contributed by atoms with Gasteiger partial charge in [-0.25, -0.2) is 0 Å². The maximum atomic E-state index is 13.1. The summed E-state index contributed by atoms with van der Waals surface area (Å²) in [4.78, 5) is 3.09. The minimum atomic E-state index is -3.58. The lowest BCUT2D eigenvalue weighted by molar-refractivity contribution is -0.286. The number of rotatable bonds is 2. The van der Waals surface area contributed by atoms with Crippen molar-refractivity contribution in [2.24, 2.45) is 0 Å². The molecule has 2 N–H and O–H groups in total. The molecule has 112 valence electrons. The second-order valence-corrected chi connectivity index (χ2v) is 5.26. The molecule has 5 nitrogen and oxygen atoms in total. The number of benzene rings is 1. The molecule has 21 heavy (non-hydrogen) atoms. The molecular weight excluding hydrogens is 282 g/mol. The van der Waals surface area contributed by atoms with Crippen molar-refractivity contribution < 1.29 is 23.0 Å². The Morgan fingerprint density at radius 1 is 1.24 bits per heavy atom. The maximum Gasteiger partial charge on any atom is 0.586 e. The maximum absolute atomic E-state index is 13.1. The molecule has 1 atom stereocenters. The lowest BCUT2D eigenvalue weighted by Gasteiger charge is -2.23. The van der Waals surface area contributed by atoms with Crippen LogP contribution in [0.25, 0.3) is 10.9 Å². The van der Waals surface area contributed by atoms with E-state index in [1.165, 1.54) is 0 Å². The minimum absolute atomic E-state index is 0.0556. The summed E-state index contributed by atoms with van der Waals surface area (Å²) in [5.74, 6) is 0.126. The van der Waals surface area contributed by atoms with Crippen LogP contribution in [0.2, 0.25) is 0 Å². The van der Waals surface area contributed by atoms with Crippen LogP contribution in [-0.4, -0.2) is 37.1 Å². The van der Waals surface area contributed by atoms with E-state index in [1.807, 2.05) is 6.20 Å². The van der Waals surface area contributed by atoms with Crippen LogP contribution in [0, 0.1) is 0 Å². The van der Waals surface area contributed by atoms with Crippen LogP contribution in [0.3, 0.4) is 0 Å². The first-order valence-corrected chi connectivity index (χ1v) is 6.82. The van der Waals surface area contributed by atoms with Crippen molar-refractivity contribution in [1.29, 1.82) is 0 Å². The summed E-state index contributed by atoms with van der Waals surface area (Å²) in [6.07, 6.45) is -0.940. The van der Waals surface area contributed by atoms with E-state index in [2.05, 4.69) is 19.8 Å². The Labute approximate surface area is 119 Å². The van der Waals surface area contributed by atoms with Crippen molar-refractivity contribution in [3.63, 3.8) is 0 Å². The fourth-order valence-corrected chi connectivity index (χ4v) is 2.81. The van der Waals surface area contributed by atoms with Gasteiger partial charge in [-0.15, -0.1) is 8.78 Å². The summed E-state index contributed by atoms with van der Waals surface area (Å²) >= 11 is 0. The highest BCUT2D eigenvalue weighted by molar-refractivity contribution is 5.87. The molecule has 0 radical (unpaired) electrons. The summed E-state index contributed by atoms with van der Waals surface area (Å²) < 4.78 is 40.6. The number of ether oxygens (including phenoxy) is 3. The first kappa shape index (κ1) is 12.8. The third kappa shape index (κ3) is 2.32. The molecule has 1 unspecified atom stereocenters. The Bertz CT molecular complexity index is 680. The molecule has 4 rings (SSSR count). The first-order valence-electron chi connectivity index (χ1n) is 6.82. The van der Waals surface area contributed by atoms with E-state index in [0.717, 1.165) is 36.0 Å². The van der Waals surface area contributed by atoms with Crippen molar-refractivity contribution in [1.82, 2.24) is 10.3 Å². The number of hydrogen-bond donors (Lipinski definition) is 2. The van der Waals surface area contributed by atoms with Gasteiger partial charge in [-0.3, -0.25) is 0 Å². The molecule has 0 saturated carbocycles. The highest BCUT2D eigenvalue weighted by Gasteiger charge is 2.43. The molecule has 0 aliphatic carbocycles. The van der Waals surface area contributed by atoms with Gasteiger partial charge in [-0.1, -0.05) is 0 Å². The fourth-order valence-electron chi connectivity index (χ4n) is 2.81. The van der Waals surface area contributed by atoms with Gasteiger partial charge < -0.3 is 24.5 Å². The summed E-state index contributed by atoms with van der Waals surface area (Å²) in [6.45, 7) is 2.19. The SMILES string of the molecule is FC1(F)Oc2cc3[nH]cc(CC4COCCN4)c3cc2O1. The van der Waals surface area contributed by atoms with E-state index in [9.17, 15) is 8.78 Å². The van der Waals surface area contributed by atoms with Gasteiger partial charge in [0.2, 0.25) is 0 Å². The summed E-state index contributed by atoms with van der Waals surface area (Å²) in [7, 11) is 0. The van der Waals surface area contributed by atoms with E-state index >= 15 is 0 Å². The van der Waals surface area contributed by atoms with Crippen molar-refractivity contribution in [2.45, 2.75) is 18.8 Å². The molecule has 3 heterocycles. The molecule has 1 aromatic carbocycles. The highest BCUT2D eigenvalue weighted by Crippen LogP contribution is 2.43. The molecular formula is C14H14F2N2O3. The van der Waals surface area contributed by atoms with Crippen LogP contribution >= 0.6 is 0 Å². The number of aromatic nitrogens is 1. The fraction of sp³-hybridized carbons (Fsp3) is 0.429. The monoisotopic (exact) mass is 296 g/mol. The quantitative estimate of drug-likeness (QED) is 0.890. The number of fused-ring (bicyclic) bond motifs is 2. The predicted octanol–water partition coefficient (Wildman–Crippen LogP) is 2.02. The number of halogens is 2. The van der Waals surface area contributed by atoms with Crippen LogP contribution in [-0.2, 0) is 11.2 Å². The van der Waals surface area contributed by atoms with Crippen LogP contribution < -0.4 is 14.8 Å². The molecule has 0 amide bonds. The average molecular weight is 296 g/mol. The second kappa shape index (κ2) is 4.57. The lowest BCUT2D eigenvalue weighted by atomic mass is 10.0. The van der Waals surface area contributed by atoms with Crippen molar-refractivity contribution in [2.75, 3.05) is 19.8 Å². The van der Waals surface area contributed by atoms with Gasteiger partial charge in [0.1, 0.15) is 0 Å². The van der Waals surface area contributed by atoms with Crippen LogP contribution in [0.1, 0.15) is 5.56 Å². The number of alkyl halides is 2. The predicted molar refractivity (Wildman–Crippen MR) is 70.8 cm³/mol. The minimum Gasteiger partial charge on any atom is -0.395 e. The van der Waals surface area contributed by atoms with Crippen LogP contribution in [0.5, 0.6) is 11.5 Å². The summed E-state index contributed by atoms with van der Waals surface area (Å²) in [6, 6.07) is 3.37. The number of aromatic amines is 1. The molecule has 0 spiro atoms. The zero-order valence-corrected chi connectivity index (χ0v) is 11.1. The Balaban J connectivity index is 1.65. The van der Waals surface area contributed by atoms with Gasteiger partial charge in [-0.05, 0) is 18.1 Å². The smallest absolute Gasteiger partial charge is 0.395 e. The van der Waals surface area contributed by atoms with Gasteiger partial charge in [-0.2, -0.15) is 0 Å². The molecule has 2 aliphatic rings. The van der Waals surface area contributed by atoms with E-state index in [4.69, 9.17) is 4.74 Å². The average Bonchev–Trinajstić information content (AvgIpc) is 2.96. The molecule has 0 bridgehead atoms. The Kier molecular flexibility index (Phi) is 2.80. The lowest BCUT2D eigenvalue weighted by Crippen LogP contribution is -2.42. The second-order valence-electron chi connectivity index (χ2n) is 5.26. The van der Waals surface area contributed by atoms with Gasteiger partial charge >= 0.3 is 6.29 Å². The normalized spacial score (nSPS) is 23.6. The third-order valence-electron chi connectivity index (χ3n) is 3.75. The van der Waals surface area contributed by atoms with E-state index < -0.39 is 6.29 Å². The standard InChI is InChI=1S/C14H14F2N2O3/c15-14(16)20-12-4-10-8(3-9-7-19-2-1-17-9)6-18-11(10)5-13(12)21-14/h4-6,9,17-18H,1-3,7H2. The summed E-state index contributed by atoms with van der Waals surface area (Å²) in [5, 5.41) is 4.24. The van der Waals surface area contributed by atoms with Crippen LogP contribution in [0.15, 0.2) is 18.3 Å². The first-order chi connectivity index (χ1) is 10.1. The van der Waals surface area contributed by atoms with Gasteiger partial charge in [0.15, 0.2) is 11.5 Å². The van der Waals surface area contributed by atoms with E-state index in [1.54, 1.807) is 12.1 Å². The number of morpholine rings is 1. The third-order valence-corrected chi connectivity index (χ3v) is 3.75. The molecule has 2 aliphatic heterocycles. The Hall–Kier alpha value is -1.86. The van der Waals surface area contributed by atoms with Gasteiger partial charge in [0.05, 0.1) is 13.2 Å². The number of H-pyrrole nitrogens is 1. The largest absolute Gasteiger partial charge is 0.586 e. The topological polar surface area (TPSA) is 55.5 Å².